The van der Waals surface area contributed by atoms with Gasteiger partial charge in [0.05, 0.1) is 5.60 Å². The fraction of sp³-hybridized carbons (Fsp3) is 0.538. The van der Waals surface area contributed by atoms with E-state index in [0.717, 1.165) is 5.56 Å². The lowest BCUT2D eigenvalue weighted by molar-refractivity contribution is 0.0785. The van der Waals surface area contributed by atoms with E-state index in [-0.39, 0.29) is 5.41 Å². The van der Waals surface area contributed by atoms with Crippen molar-refractivity contribution in [3.05, 3.63) is 29.3 Å². The molecule has 0 aliphatic carbocycles. The molecule has 0 spiro atoms. The average molecular weight is 236 g/mol. The predicted molar refractivity (Wildman–Crippen MR) is 70.2 cm³/mol. The van der Waals surface area contributed by atoms with E-state index in [0.29, 0.717) is 11.0 Å². The SMILES string of the molecule is CC(C)(C)c1cc(B(O)O)cc(C(C)(C)O)c1. The summed E-state index contributed by atoms with van der Waals surface area (Å²) in [6.45, 7) is 9.50. The number of aliphatic hydroxyl groups is 1. The molecule has 0 aromatic heterocycles. The fourth-order valence-electron chi connectivity index (χ4n) is 1.59. The van der Waals surface area contributed by atoms with Gasteiger partial charge in [-0.1, -0.05) is 39.0 Å². The molecule has 0 unspecified atom stereocenters. The molecule has 1 rings (SSSR count). The van der Waals surface area contributed by atoms with Crippen LogP contribution in [0.2, 0.25) is 0 Å². The van der Waals surface area contributed by atoms with Crippen LogP contribution >= 0.6 is 0 Å². The highest BCUT2D eigenvalue weighted by molar-refractivity contribution is 6.58. The molecule has 17 heavy (non-hydrogen) atoms. The van der Waals surface area contributed by atoms with Crippen molar-refractivity contribution >= 4 is 12.6 Å². The minimum absolute atomic E-state index is 0.106. The van der Waals surface area contributed by atoms with Crippen molar-refractivity contribution in [3.8, 4) is 0 Å². The first-order valence-corrected chi connectivity index (χ1v) is 5.76. The molecule has 94 valence electrons. The minimum atomic E-state index is -1.52. The zero-order valence-electron chi connectivity index (χ0n) is 11.2. The number of hydrogen-bond acceptors (Lipinski definition) is 3. The van der Waals surface area contributed by atoms with E-state index in [1.54, 1.807) is 26.0 Å². The Morgan fingerprint density at radius 3 is 1.71 bits per heavy atom. The van der Waals surface area contributed by atoms with Gasteiger partial charge in [0.25, 0.3) is 0 Å². The van der Waals surface area contributed by atoms with Gasteiger partial charge in [0.1, 0.15) is 0 Å². The van der Waals surface area contributed by atoms with Crippen molar-refractivity contribution in [2.45, 2.75) is 45.6 Å². The second kappa shape index (κ2) is 4.44. The maximum Gasteiger partial charge on any atom is 0.488 e. The van der Waals surface area contributed by atoms with Crippen LogP contribution in [0.3, 0.4) is 0 Å². The molecule has 0 aliphatic heterocycles. The summed E-state index contributed by atoms with van der Waals surface area (Å²) in [5, 5.41) is 28.6. The van der Waals surface area contributed by atoms with Crippen LogP contribution in [0.1, 0.15) is 45.7 Å². The van der Waals surface area contributed by atoms with Crippen molar-refractivity contribution in [1.82, 2.24) is 0 Å². The Bertz CT molecular complexity index is 368. The molecule has 0 atom stereocenters. The van der Waals surface area contributed by atoms with Crippen LogP contribution in [-0.2, 0) is 11.0 Å². The van der Waals surface area contributed by atoms with Gasteiger partial charge in [0.15, 0.2) is 0 Å². The standard InChI is InChI=1S/C13H21BO3/c1-12(2,3)9-6-10(13(4,5)15)8-11(7-9)14(16)17/h6-8,15-17H,1-5H3. The van der Waals surface area contributed by atoms with Crippen molar-refractivity contribution < 1.29 is 15.2 Å². The van der Waals surface area contributed by atoms with Crippen molar-refractivity contribution in [3.63, 3.8) is 0 Å². The maximum atomic E-state index is 10.0. The van der Waals surface area contributed by atoms with E-state index in [4.69, 9.17) is 0 Å². The molecular formula is C13H21BO3. The number of rotatable bonds is 2. The summed E-state index contributed by atoms with van der Waals surface area (Å²) in [6.07, 6.45) is 0. The molecule has 0 radical (unpaired) electrons. The summed E-state index contributed by atoms with van der Waals surface area (Å²) in [5.74, 6) is 0. The van der Waals surface area contributed by atoms with Crippen LogP contribution in [0.15, 0.2) is 18.2 Å². The molecule has 1 aromatic rings. The molecule has 0 fully saturated rings. The van der Waals surface area contributed by atoms with Crippen LogP contribution in [-0.4, -0.2) is 22.3 Å². The highest BCUT2D eigenvalue weighted by Crippen LogP contribution is 2.26. The fourth-order valence-corrected chi connectivity index (χ4v) is 1.59. The summed E-state index contributed by atoms with van der Waals surface area (Å²) in [6, 6.07) is 5.30. The Morgan fingerprint density at radius 1 is 0.882 bits per heavy atom. The lowest BCUT2D eigenvalue weighted by atomic mass is 9.74. The highest BCUT2D eigenvalue weighted by Gasteiger charge is 2.24. The molecule has 3 N–H and O–H groups in total. The molecular weight excluding hydrogens is 215 g/mol. The third-order valence-corrected chi connectivity index (χ3v) is 2.83. The first-order valence-electron chi connectivity index (χ1n) is 5.76. The first kappa shape index (κ1) is 14.2. The Kier molecular flexibility index (Phi) is 3.72. The quantitative estimate of drug-likeness (QED) is 0.668. The molecule has 4 heteroatoms. The summed E-state index contributed by atoms with van der Waals surface area (Å²) in [5.41, 5.74) is 0.971. The summed E-state index contributed by atoms with van der Waals surface area (Å²) < 4.78 is 0. The lowest BCUT2D eigenvalue weighted by Crippen LogP contribution is -2.33. The van der Waals surface area contributed by atoms with E-state index in [1.165, 1.54) is 0 Å². The van der Waals surface area contributed by atoms with Gasteiger partial charge in [-0.25, -0.2) is 0 Å². The van der Waals surface area contributed by atoms with Gasteiger partial charge in [0, 0.05) is 0 Å². The van der Waals surface area contributed by atoms with Crippen LogP contribution in [0, 0.1) is 0 Å². The normalized spacial score (nSPS) is 12.7. The second-order valence-corrected chi connectivity index (χ2v) is 6.03. The zero-order valence-corrected chi connectivity index (χ0v) is 11.2. The molecule has 0 saturated heterocycles. The van der Waals surface area contributed by atoms with E-state index >= 15 is 0 Å². The minimum Gasteiger partial charge on any atom is -0.423 e. The molecule has 0 bridgehead atoms. The molecule has 3 nitrogen and oxygen atoms in total. The number of benzene rings is 1. The number of hydrogen-bond donors (Lipinski definition) is 3. The molecule has 1 aromatic carbocycles. The van der Waals surface area contributed by atoms with E-state index < -0.39 is 12.7 Å². The summed E-state index contributed by atoms with van der Waals surface area (Å²) >= 11 is 0. The van der Waals surface area contributed by atoms with Crippen LogP contribution in [0.5, 0.6) is 0 Å². The van der Waals surface area contributed by atoms with Gasteiger partial charge < -0.3 is 15.2 Å². The zero-order chi connectivity index (χ0) is 13.4. The van der Waals surface area contributed by atoms with Gasteiger partial charge >= 0.3 is 7.12 Å². The second-order valence-electron chi connectivity index (χ2n) is 6.03. The topological polar surface area (TPSA) is 60.7 Å². The van der Waals surface area contributed by atoms with Gasteiger partial charge in [-0.05, 0) is 35.9 Å². The highest BCUT2D eigenvalue weighted by atomic mass is 16.4. The van der Waals surface area contributed by atoms with Crippen LogP contribution in [0.25, 0.3) is 0 Å². The van der Waals surface area contributed by atoms with Gasteiger partial charge in [-0.3, -0.25) is 0 Å². The smallest absolute Gasteiger partial charge is 0.423 e. The Morgan fingerprint density at radius 2 is 1.35 bits per heavy atom. The van der Waals surface area contributed by atoms with E-state index in [9.17, 15) is 15.2 Å². The molecule has 0 aliphatic rings. The van der Waals surface area contributed by atoms with Crippen molar-refractivity contribution in [2.24, 2.45) is 0 Å². The van der Waals surface area contributed by atoms with Crippen LogP contribution in [0.4, 0.5) is 0 Å². The molecule has 0 saturated carbocycles. The Labute approximate surface area is 103 Å². The van der Waals surface area contributed by atoms with Gasteiger partial charge in [-0.2, -0.15) is 0 Å². The molecule has 0 amide bonds. The van der Waals surface area contributed by atoms with Gasteiger partial charge in [0.2, 0.25) is 0 Å². The van der Waals surface area contributed by atoms with E-state index in [2.05, 4.69) is 0 Å². The lowest BCUT2D eigenvalue weighted by Gasteiger charge is -2.25. The first-order chi connectivity index (χ1) is 7.51. The third kappa shape index (κ3) is 3.56. The van der Waals surface area contributed by atoms with Gasteiger partial charge in [-0.15, -0.1) is 0 Å². The monoisotopic (exact) mass is 236 g/mol. The van der Waals surface area contributed by atoms with Crippen molar-refractivity contribution in [1.29, 1.82) is 0 Å². The Balaban J connectivity index is 3.40. The molecule has 0 heterocycles. The Hall–Kier alpha value is -0.835. The maximum absolute atomic E-state index is 10.0. The van der Waals surface area contributed by atoms with E-state index in [1.807, 2.05) is 26.8 Å². The predicted octanol–water partition coefficient (Wildman–Crippen LogP) is 0.891. The summed E-state index contributed by atoms with van der Waals surface area (Å²) in [7, 11) is -1.52. The summed E-state index contributed by atoms with van der Waals surface area (Å²) in [4.78, 5) is 0. The van der Waals surface area contributed by atoms with Crippen molar-refractivity contribution in [2.75, 3.05) is 0 Å². The van der Waals surface area contributed by atoms with Crippen LogP contribution < -0.4 is 5.46 Å². The average Bonchev–Trinajstić information content (AvgIpc) is 2.14. The third-order valence-electron chi connectivity index (χ3n) is 2.83. The largest absolute Gasteiger partial charge is 0.488 e.